The van der Waals surface area contributed by atoms with Crippen LogP contribution in [-0.4, -0.2) is 37.8 Å². The van der Waals surface area contributed by atoms with Crippen LogP contribution in [0.15, 0.2) is 23.4 Å². The van der Waals surface area contributed by atoms with Crippen LogP contribution in [0.5, 0.6) is 0 Å². The predicted molar refractivity (Wildman–Crippen MR) is 68.5 cm³/mol. The lowest BCUT2D eigenvalue weighted by molar-refractivity contribution is 0.466. The van der Waals surface area contributed by atoms with E-state index in [4.69, 9.17) is 0 Å². The molecule has 1 heterocycles. The number of pyridine rings is 1. The third kappa shape index (κ3) is 3.17. The van der Waals surface area contributed by atoms with E-state index in [1.807, 2.05) is 13.8 Å². The maximum atomic E-state index is 12.2. The summed E-state index contributed by atoms with van der Waals surface area (Å²) in [4.78, 5) is 3.98. The number of hydrogen-bond donors (Lipinski definition) is 1. The van der Waals surface area contributed by atoms with Crippen molar-refractivity contribution in [2.45, 2.75) is 25.3 Å². The summed E-state index contributed by atoms with van der Waals surface area (Å²) >= 11 is 0. The molecule has 0 unspecified atom stereocenters. The lowest BCUT2D eigenvalue weighted by Crippen LogP contribution is -2.29. The zero-order chi connectivity index (χ0) is 12.9. The van der Waals surface area contributed by atoms with E-state index >= 15 is 0 Å². The quantitative estimate of drug-likeness (QED) is 0.839. The Labute approximate surface area is 103 Å². The predicted octanol–water partition coefficient (Wildman–Crippen LogP) is 1.54. The molecule has 0 aliphatic heterocycles. The number of sulfonamides is 1. The molecule has 0 spiro atoms. The van der Waals surface area contributed by atoms with Gasteiger partial charge in [-0.05, 0) is 25.5 Å². The van der Waals surface area contributed by atoms with Crippen LogP contribution in [0.1, 0.15) is 20.3 Å². The summed E-state index contributed by atoms with van der Waals surface area (Å²) in [5.41, 5.74) is 0.554. The van der Waals surface area contributed by atoms with Crippen molar-refractivity contribution in [1.29, 1.82) is 0 Å². The fraction of sp³-hybridized carbons (Fsp3) is 0.545. The van der Waals surface area contributed by atoms with Gasteiger partial charge >= 0.3 is 0 Å². The first-order valence-corrected chi connectivity index (χ1v) is 7.13. The van der Waals surface area contributed by atoms with Gasteiger partial charge in [0.1, 0.15) is 0 Å². The fourth-order valence-corrected chi connectivity index (χ4v) is 2.83. The van der Waals surface area contributed by atoms with Gasteiger partial charge in [0.15, 0.2) is 5.03 Å². The highest BCUT2D eigenvalue weighted by atomic mass is 32.2. The number of hydrogen-bond acceptors (Lipinski definition) is 4. The van der Waals surface area contributed by atoms with E-state index in [1.54, 1.807) is 19.2 Å². The Kier molecular flexibility index (Phi) is 4.89. The summed E-state index contributed by atoms with van der Waals surface area (Å²) in [6.45, 7) is 5.00. The summed E-state index contributed by atoms with van der Waals surface area (Å²) in [6, 6.07) is 3.44. The van der Waals surface area contributed by atoms with Crippen molar-refractivity contribution in [2.24, 2.45) is 0 Å². The average molecular weight is 257 g/mol. The van der Waals surface area contributed by atoms with Crippen LogP contribution in [0.3, 0.4) is 0 Å². The number of nitrogens with one attached hydrogen (secondary N) is 1. The smallest absolute Gasteiger partial charge is 0.262 e. The minimum absolute atomic E-state index is 0.0952. The van der Waals surface area contributed by atoms with Gasteiger partial charge in [0, 0.05) is 26.3 Å². The van der Waals surface area contributed by atoms with Gasteiger partial charge in [0.05, 0.1) is 5.69 Å². The normalized spacial score (nSPS) is 11.8. The molecule has 0 fully saturated rings. The molecule has 1 aromatic heterocycles. The maximum absolute atomic E-state index is 12.2. The Bertz CT molecular complexity index is 460. The topological polar surface area (TPSA) is 62.3 Å². The van der Waals surface area contributed by atoms with Crippen molar-refractivity contribution in [3.63, 3.8) is 0 Å². The first kappa shape index (κ1) is 13.9. The lowest BCUT2D eigenvalue weighted by atomic mass is 10.4. The van der Waals surface area contributed by atoms with E-state index in [9.17, 15) is 8.42 Å². The first-order chi connectivity index (χ1) is 8.04. The molecular weight excluding hydrogens is 238 g/mol. The van der Waals surface area contributed by atoms with E-state index in [-0.39, 0.29) is 5.03 Å². The molecule has 17 heavy (non-hydrogen) atoms. The summed E-state index contributed by atoms with van der Waals surface area (Å²) in [5.74, 6) is 0. The Morgan fingerprint density at radius 3 is 2.71 bits per heavy atom. The van der Waals surface area contributed by atoms with Gasteiger partial charge in [-0.1, -0.05) is 6.92 Å². The molecule has 1 rings (SSSR count). The average Bonchev–Trinajstić information content (AvgIpc) is 2.30. The van der Waals surface area contributed by atoms with Crippen LogP contribution in [0.4, 0.5) is 5.69 Å². The lowest BCUT2D eigenvalue weighted by Gasteiger charge is -2.17. The monoisotopic (exact) mass is 257 g/mol. The number of nitrogens with zero attached hydrogens (tertiary/aromatic N) is 2. The Balaban J connectivity index is 3.14. The first-order valence-electron chi connectivity index (χ1n) is 5.69. The minimum Gasteiger partial charge on any atom is -0.383 e. The third-order valence-corrected chi connectivity index (χ3v) is 4.15. The van der Waals surface area contributed by atoms with Gasteiger partial charge in [-0.2, -0.15) is 4.31 Å². The van der Waals surface area contributed by atoms with E-state index in [0.717, 1.165) is 6.42 Å². The molecule has 0 aromatic carbocycles. The molecule has 0 amide bonds. The second-order valence-electron chi connectivity index (χ2n) is 3.71. The number of anilines is 1. The summed E-state index contributed by atoms with van der Waals surface area (Å²) in [7, 11) is -1.92. The molecule has 0 radical (unpaired) electrons. The molecule has 0 bridgehead atoms. The van der Waals surface area contributed by atoms with Crippen molar-refractivity contribution in [3.8, 4) is 0 Å². The summed E-state index contributed by atoms with van der Waals surface area (Å²) in [5, 5.41) is 3.11. The van der Waals surface area contributed by atoms with E-state index in [2.05, 4.69) is 10.3 Å². The zero-order valence-electron chi connectivity index (χ0n) is 10.5. The highest BCUT2D eigenvalue weighted by molar-refractivity contribution is 7.89. The largest absolute Gasteiger partial charge is 0.383 e. The molecular formula is C11H19N3O2S. The Morgan fingerprint density at radius 2 is 2.12 bits per heavy atom. The van der Waals surface area contributed by atoms with Crippen molar-refractivity contribution >= 4 is 15.7 Å². The van der Waals surface area contributed by atoms with Gasteiger partial charge in [0.25, 0.3) is 10.0 Å². The standard InChI is InChI=1S/C11H19N3O2S/c1-4-9-14(3)17(15,16)11-10(12-5-2)7-6-8-13-11/h6-8,12H,4-5,9H2,1-3H3. The van der Waals surface area contributed by atoms with Crippen LogP contribution in [0, 0.1) is 0 Å². The van der Waals surface area contributed by atoms with Crippen LogP contribution in [0.25, 0.3) is 0 Å². The van der Waals surface area contributed by atoms with E-state index < -0.39 is 10.0 Å². The second-order valence-corrected chi connectivity index (χ2v) is 5.67. The molecule has 0 saturated heterocycles. The number of rotatable bonds is 6. The number of aromatic nitrogens is 1. The van der Waals surface area contributed by atoms with E-state index in [0.29, 0.717) is 18.8 Å². The SMILES string of the molecule is CCCN(C)S(=O)(=O)c1ncccc1NCC. The summed E-state index contributed by atoms with van der Waals surface area (Å²) in [6.07, 6.45) is 2.27. The Hall–Kier alpha value is -1.14. The van der Waals surface area contributed by atoms with Crippen LogP contribution >= 0.6 is 0 Å². The van der Waals surface area contributed by atoms with Crippen molar-refractivity contribution in [1.82, 2.24) is 9.29 Å². The molecule has 5 nitrogen and oxygen atoms in total. The van der Waals surface area contributed by atoms with Crippen LogP contribution < -0.4 is 5.32 Å². The zero-order valence-corrected chi connectivity index (χ0v) is 11.3. The molecule has 0 aliphatic rings. The second kappa shape index (κ2) is 5.97. The Morgan fingerprint density at radius 1 is 1.41 bits per heavy atom. The highest BCUT2D eigenvalue weighted by Gasteiger charge is 2.24. The van der Waals surface area contributed by atoms with Gasteiger partial charge in [-0.15, -0.1) is 0 Å². The third-order valence-electron chi connectivity index (χ3n) is 2.33. The van der Waals surface area contributed by atoms with Crippen LogP contribution in [0.2, 0.25) is 0 Å². The molecule has 6 heteroatoms. The van der Waals surface area contributed by atoms with Gasteiger partial charge < -0.3 is 5.32 Å². The van der Waals surface area contributed by atoms with Crippen molar-refractivity contribution in [3.05, 3.63) is 18.3 Å². The molecule has 1 N–H and O–H groups in total. The molecule has 0 aliphatic carbocycles. The van der Waals surface area contributed by atoms with Gasteiger partial charge in [-0.25, -0.2) is 13.4 Å². The molecule has 0 saturated carbocycles. The molecule has 1 aromatic rings. The minimum atomic E-state index is -3.49. The maximum Gasteiger partial charge on any atom is 0.262 e. The molecule has 0 atom stereocenters. The highest BCUT2D eigenvalue weighted by Crippen LogP contribution is 2.20. The van der Waals surface area contributed by atoms with Gasteiger partial charge in [-0.3, -0.25) is 0 Å². The van der Waals surface area contributed by atoms with Gasteiger partial charge in [0.2, 0.25) is 0 Å². The van der Waals surface area contributed by atoms with Crippen molar-refractivity contribution < 1.29 is 8.42 Å². The van der Waals surface area contributed by atoms with E-state index in [1.165, 1.54) is 10.5 Å². The molecule has 96 valence electrons. The van der Waals surface area contributed by atoms with Crippen molar-refractivity contribution in [2.75, 3.05) is 25.5 Å². The van der Waals surface area contributed by atoms with Crippen LogP contribution in [-0.2, 0) is 10.0 Å². The fourth-order valence-electron chi connectivity index (χ4n) is 1.50. The summed E-state index contributed by atoms with van der Waals surface area (Å²) < 4.78 is 25.8.